The largest absolute Gasteiger partial charge is 0.345 e. The van der Waals surface area contributed by atoms with E-state index < -0.39 is 0 Å². The first-order valence-electron chi connectivity index (χ1n) is 7.54. The van der Waals surface area contributed by atoms with Crippen LogP contribution in [-0.2, 0) is 6.42 Å². The lowest BCUT2D eigenvalue weighted by atomic mass is 9.95. The van der Waals surface area contributed by atoms with Crippen molar-refractivity contribution in [2.45, 2.75) is 6.42 Å². The van der Waals surface area contributed by atoms with E-state index in [1.165, 1.54) is 33.4 Å². The van der Waals surface area contributed by atoms with E-state index in [-0.39, 0.29) is 0 Å². The number of aromatic amines is 1. The summed E-state index contributed by atoms with van der Waals surface area (Å²) in [6.07, 6.45) is 2.77. The lowest BCUT2D eigenvalue weighted by Crippen LogP contribution is -1.88. The molecule has 0 radical (unpaired) electrons. The maximum Gasteiger partial charge on any atom is 0.0931 e. The summed E-state index contributed by atoms with van der Waals surface area (Å²) in [5.41, 5.74) is 10.3. The Bertz CT molecular complexity index is 1010. The number of aromatic nitrogens is 2. The summed E-state index contributed by atoms with van der Waals surface area (Å²) in [5, 5.41) is 0. The van der Waals surface area contributed by atoms with Crippen LogP contribution in [0, 0.1) is 0 Å². The van der Waals surface area contributed by atoms with E-state index in [9.17, 15) is 0 Å². The quantitative estimate of drug-likeness (QED) is 0.470. The van der Waals surface area contributed by atoms with Crippen molar-refractivity contribution in [3.05, 3.63) is 78.1 Å². The molecule has 1 aliphatic carbocycles. The average Bonchev–Trinajstić information content (AvgIpc) is 3.18. The molecule has 2 nitrogen and oxygen atoms in total. The zero-order valence-electron chi connectivity index (χ0n) is 12.0. The standard InChI is InChI=1S/C20H14N2/c1-2-5-15-13(4-1)10-18-16(6-3-7-17(15)18)14-8-9-19-20(11-14)22-12-21-19/h1-9,11-12H,10H2,(H,21,22). The Hall–Kier alpha value is -2.87. The Labute approximate surface area is 128 Å². The number of rotatable bonds is 1. The summed E-state index contributed by atoms with van der Waals surface area (Å²) in [7, 11) is 0. The Morgan fingerprint density at radius 2 is 1.68 bits per heavy atom. The maximum absolute atomic E-state index is 4.30. The van der Waals surface area contributed by atoms with Crippen LogP contribution in [0.25, 0.3) is 33.3 Å². The van der Waals surface area contributed by atoms with Gasteiger partial charge in [-0.2, -0.15) is 0 Å². The van der Waals surface area contributed by atoms with Crippen LogP contribution in [0.15, 0.2) is 67.0 Å². The number of nitrogens with one attached hydrogen (secondary N) is 1. The summed E-state index contributed by atoms with van der Waals surface area (Å²) in [6.45, 7) is 0. The minimum atomic E-state index is 1.01. The molecule has 104 valence electrons. The molecule has 0 unspecified atom stereocenters. The van der Waals surface area contributed by atoms with E-state index in [1.807, 2.05) is 0 Å². The SMILES string of the molecule is c1ccc2c(c1)Cc1c(-c3ccc4nc[nH]c4c3)cccc1-2. The van der Waals surface area contributed by atoms with Gasteiger partial charge in [0.25, 0.3) is 0 Å². The van der Waals surface area contributed by atoms with Crippen molar-refractivity contribution in [1.29, 1.82) is 0 Å². The number of hydrogen-bond donors (Lipinski definition) is 1. The fraction of sp³-hybridized carbons (Fsp3) is 0.0500. The second kappa shape index (κ2) is 4.31. The van der Waals surface area contributed by atoms with Gasteiger partial charge in [-0.3, -0.25) is 0 Å². The highest BCUT2D eigenvalue weighted by molar-refractivity contribution is 5.88. The second-order valence-corrected chi connectivity index (χ2v) is 5.80. The third-order valence-electron chi connectivity index (χ3n) is 4.58. The van der Waals surface area contributed by atoms with Crippen molar-refractivity contribution in [2.75, 3.05) is 0 Å². The molecule has 1 aromatic heterocycles. The smallest absolute Gasteiger partial charge is 0.0931 e. The van der Waals surface area contributed by atoms with Gasteiger partial charge in [-0.05, 0) is 51.9 Å². The number of nitrogens with zero attached hydrogens (tertiary/aromatic N) is 1. The lowest BCUT2D eigenvalue weighted by Gasteiger charge is -2.09. The molecule has 4 aromatic rings. The van der Waals surface area contributed by atoms with Gasteiger partial charge in [0.05, 0.1) is 17.4 Å². The first-order chi connectivity index (χ1) is 10.9. The number of imidazole rings is 1. The van der Waals surface area contributed by atoms with E-state index in [4.69, 9.17) is 0 Å². The Balaban J connectivity index is 1.74. The van der Waals surface area contributed by atoms with Gasteiger partial charge in [-0.15, -0.1) is 0 Å². The Morgan fingerprint density at radius 1 is 0.818 bits per heavy atom. The zero-order valence-corrected chi connectivity index (χ0v) is 12.0. The highest BCUT2D eigenvalue weighted by atomic mass is 14.9. The van der Waals surface area contributed by atoms with E-state index in [0.29, 0.717) is 0 Å². The average molecular weight is 282 g/mol. The van der Waals surface area contributed by atoms with Crippen LogP contribution in [0.3, 0.4) is 0 Å². The lowest BCUT2D eigenvalue weighted by molar-refractivity contribution is 1.26. The first kappa shape index (κ1) is 11.8. The summed E-state index contributed by atoms with van der Waals surface area (Å²) in [6, 6.07) is 21.8. The molecule has 22 heavy (non-hydrogen) atoms. The third kappa shape index (κ3) is 1.58. The van der Waals surface area contributed by atoms with Crippen molar-refractivity contribution < 1.29 is 0 Å². The van der Waals surface area contributed by atoms with Crippen LogP contribution in [0.4, 0.5) is 0 Å². The second-order valence-electron chi connectivity index (χ2n) is 5.80. The highest BCUT2D eigenvalue weighted by Gasteiger charge is 2.20. The molecule has 2 heteroatoms. The van der Waals surface area contributed by atoms with E-state index >= 15 is 0 Å². The highest BCUT2D eigenvalue weighted by Crippen LogP contribution is 2.41. The molecule has 0 saturated carbocycles. The fourth-order valence-corrected chi connectivity index (χ4v) is 3.53. The van der Waals surface area contributed by atoms with Gasteiger partial charge >= 0.3 is 0 Å². The number of benzene rings is 3. The number of H-pyrrole nitrogens is 1. The van der Waals surface area contributed by atoms with Crippen molar-refractivity contribution in [3.8, 4) is 22.3 Å². The molecule has 5 rings (SSSR count). The Kier molecular flexibility index (Phi) is 2.30. The van der Waals surface area contributed by atoms with Crippen molar-refractivity contribution in [1.82, 2.24) is 9.97 Å². The van der Waals surface area contributed by atoms with E-state index in [0.717, 1.165) is 17.5 Å². The molecule has 0 fully saturated rings. The van der Waals surface area contributed by atoms with Crippen LogP contribution in [-0.4, -0.2) is 9.97 Å². The summed E-state index contributed by atoms with van der Waals surface area (Å²) < 4.78 is 0. The molecule has 0 amide bonds. The topological polar surface area (TPSA) is 28.7 Å². The van der Waals surface area contributed by atoms with Gasteiger partial charge < -0.3 is 4.98 Å². The molecular weight excluding hydrogens is 268 g/mol. The van der Waals surface area contributed by atoms with Gasteiger partial charge in [0.2, 0.25) is 0 Å². The molecule has 0 bridgehead atoms. The zero-order chi connectivity index (χ0) is 14.5. The number of fused-ring (bicyclic) bond motifs is 4. The third-order valence-corrected chi connectivity index (χ3v) is 4.58. The van der Waals surface area contributed by atoms with Crippen molar-refractivity contribution in [2.24, 2.45) is 0 Å². The van der Waals surface area contributed by atoms with Crippen LogP contribution < -0.4 is 0 Å². The monoisotopic (exact) mass is 282 g/mol. The molecule has 0 atom stereocenters. The van der Waals surface area contributed by atoms with Gasteiger partial charge in [0.15, 0.2) is 0 Å². The minimum absolute atomic E-state index is 1.01. The molecule has 3 aromatic carbocycles. The fourth-order valence-electron chi connectivity index (χ4n) is 3.53. The normalized spacial score (nSPS) is 12.4. The van der Waals surface area contributed by atoms with Crippen LogP contribution >= 0.6 is 0 Å². The van der Waals surface area contributed by atoms with Gasteiger partial charge in [0, 0.05) is 0 Å². The molecule has 1 N–H and O–H groups in total. The predicted octanol–water partition coefficient (Wildman–Crippen LogP) is 4.80. The molecule has 0 saturated heterocycles. The van der Waals surface area contributed by atoms with Gasteiger partial charge in [0.1, 0.15) is 0 Å². The summed E-state index contributed by atoms with van der Waals surface area (Å²) in [4.78, 5) is 7.51. The first-order valence-corrected chi connectivity index (χ1v) is 7.54. The van der Waals surface area contributed by atoms with E-state index in [1.54, 1.807) is 6.33 Å². The van der Waals surface area contributed by atoms with Crippen molar-refractivity contribution in [3.63, 3.8) is 0 Å². The molecule has 0 aliphatic heterocycles. The maximum atomic E-state index is 4.30. The number of hydrogen-bond acceptors (Lipinski definition) is 1. The predicted molar refractivity (Wildman–Crippen MR) is 89.8 cm³/mol. The Morgan fingerprint density at radius 3 is 2.68 bits per heavy atom. The van der Waals surface area contributed by atoms with E-state index in [2.05, 4.69) is 70.6 Å². The summed E-state index contributed by atoms with van der Waals surface area (Å²) in [5.74, 6) is 0. The molecule has 1 heterocycles. The van der Waals surface area contributed by atoms with Crippen LogP contribution in [0.2, 0.25) is 0 Å². The van der Waals surface area contributed by atoms with Crippen LogP contribution in [0.5, 0.6) is 0 Å². The van der Waals surface area contributed by atoms with Crippen molar-refractivity contribution >= 4 is 11.0 Å². The van der Waals surface area contributed by atoms with Gasteiger partial charge in [-0.1, -0.05) is 48.5 Å². The van der Waals surface area contributed by atoms with Gasteiger partial charge in [-0.25, -0.2) is 4.98 Å². The molecular formula is C20H14N2. The minimum Gasteiger partial charge on any atom is -0.345 e. The van der Waals surface area contributed by atoms with Crippen LogP contribution in [0.1, 0.15) is 11.1 Å². The molecule has 0 spiro atoms. The molecule has 1 aliphatic rings. The summed E-state index contributed by atoms with van der Waals surface area (Å²) >= 11 is 0.